The van der Waals surface area contributed by atoms with Gasteiger partial charge >= 0.3 is 0 Å². The van der Waals surface area contributed by atoms with Crippen LogP contribution in [0.2, 0.25) is 0 Å². The summed E-state index contributed by atoms with van der Waals surface area (Å²) < 4.78 is 11.2. The molecular formula is C23H38N4O2. The number of benzene rings is 1. The third kappa shape index (κ3) is 7.86. The lowest BCUT2D eigenvalue weighted by molar-refractivity contribution is 0.155. The summed E-state index contributed by atoms with van der Waals surface area (Å²) in [4.78, 5) is 7.38. The van der Waals surface area contributed by atoms with Crippen LogP contribution < -0.4 is 15.4 Å². The van der Waals surface area contributed by atoms with E-state index in [1.807, 2.05) is 6.07 Å². The molecule has 1 saturated carbocycles. The maximum Gasteiger partial charge on any atom is 0.191 e. The molecule has 6 nitrogen and oxygen atoms in total. The van der Waals surface area contributed by atoms with Gasteiger partial charge in [0.15, 0.2) is 5.96 Å². The predicted octanol–water partition coefficient (Wildman–Crippen LogP) is 3.03. The van der Waals surface area contributed by atoms with E-state index in [0.29, 0.717) is 12.6 Å². The molecular weight excluding hydrogens is 364 g/mol. The molecule has 1 aliphatic carbocycles. The molecule has 3 rings (SSSR count). The van der Waals surface area contributed by atoms with Gasteiger partial charge in [-0.15, -0.1) is 0 Å². The third-order valence-corrected chi connectivity index (χ3v) is 5.65. The molecule has 1 aromatic rings. The largest absolute Gasteiger partial charge is 0.493 e. The molecule has 2 fully saturated rings. The molecule has 1 aromatic carbocycles. The van der Waals surface area contributed by atoms with Crippen molar-refractivity contribution in [2.24, 2.45) is 10.9 Å². The Morgan fingerprint density at radius 2 is 1.97 bits per heavy atom. The number of methoxy groups -OCH3 is 1. The molecule has 6 heteroatoms. The lowest BCUT2D eigenvalue weighted by atomic mass is 10.1. The summed E-state index contributed by atoms with van der Waals surface area (Å²) in [6.45, 7) is 8.70. The predicted molar refractivity (Wildman–Crippen MR) is 119 cm³/mol. The maximum absolute atomic E-state index is 6.03. The Labute approximate surface area is 176 Å². The zero-order valence-electron chi connectivity index (χ0n) is 18.2. The fourth-order valence-electron chi connectivity index (χ4n) is 3.68. The van der Waals surface area contributed by atoms with Crippen molar-refractivity contribution < 1.29 is 9.47 Å². The SMILES string of the molecule is CCNC(=NCc1ccccc1OCC1CC1)NC1CCN(CCCOC)CC1. The molecule has 29 heavy (non-hydrogen) atoms. The van der Waals surface area contributed by atoms with Gasteiger partial charge in [-0.05, 0) is 51.0 Å². The monoisotopic (exact) mass is 402 g/mol. The summed E-state index contributed by atoms with van der Waals surface area (Å²) in [6.07, 6.45) is 6.03. The van der Waals surface area contributed by atoms with Crippen molar-refractivity contribution in [1.82, 2.24) is 15.5 Å². The zero-order chi connectivity index (χ0) is 20.3. The first-order valence-electron chi connectivity index (χ1n) is 11.2. The smallest absolute Gasteiger partial charge is 0.191 e. The molecule has 0 bridgehead atoms. The number of likely N-dealkylation sites (tertiary alicyclic amines) is 1. The summed E-state index contributed by atoms with van der Waals surface area (Å²) in [7, 11) is 1.77. The number of aliphatic imine (C=N–C) groups is 1. The number of hydrogen-bond acceptors (Lipinski definition) is 4. The Hall–Kier alpha value is -1.79. The number of ether oxygens (including phenoxy) is 2. The second-order valence-electron chi connectivity index (χ2n) is 8.16. The lowest BCUT2D eigenvalue weighted by Gasteiger charge is -2.33. The molecule has 2 aliphatic rings. The first-order chi connectivity index (χ1) is 14.3. The van der Waals surface area contributed by atoms with Gasteiger partial charge in [0.2, 0.25) is 0 Å². The summed E-state index contributed by atoms with van der Waals surface area (Å²) >= 11 is 0. The molecule has 162 valence electrons. The first kappa shape index (κ1) is 21.9. The highest BCUT2D eigenvalue weighted by Crippen LogP contribution is 2.30. The highest BCUT2D eigenvalue weighted by molar-refractivity contribution is 5.80. The van der Waals surface area contributed by atoms with Gasteiger partial charge in [0.05, 0.1) is 13.2 Å². The normalized spacial score (nSPS) is 18.6. The standard InChI is InChI=1S/C23H38N4O2/c1-3-24-23(26-21-11-14-27(15-12-21)13-6-16-28-2)25-17-20-7-4-5-8-22(20)29-18-19-9-10-19/h4-5,7-8,19,21H,3,6,9-18H2,1-2H3,(H2,24,25,26). The molecule has 0 atom stereocenters. The molecule has 0 aromatic heterocycles. The van der Waals surface area contributed by atoms with Gasteiger partial charge in [0.1, 0.15) is 5.75 Å². The number of nitrogens with one attached hydrogen (secondary N) is 2. The van der Waals surface area contributed by atoms with Crippen LogP contribution in [0, 0.1) is 5.92 Å². The minimum atomic E-state index is 0.479. The third-order valence-electron chi connectivity index (χ3n) is 5.65. The van der Waals surface area contributed by atoms with E-state index in [1.54, 1.807) is 7.11 Å². The molecule has 0 spiro atoms. The number of rotatable bonds is 11. The average Bonchev–Trinajstić information content (AvgIpc) is 3.57. The Kier molecular flexibility index (Phi) is 9.09. The van der Waals surface area contributed by atoms with Crippen molar-refractivity contribution >= 4 is 5.96 Å². The molecule has 0 radical (unpaired) electrons. The van der Waals surface area contributed by atoms with Crippen molar-refractivity contribution in [3.05, 3.63) is 29.8 Å². The Morgan fingerprint density at radius 3 is 2.69 bits per heavy atom. The molecule has 1 aliphatic heterocycles. The number of nitrogens with zero attached hydrogens (tertiary/aromatic N) is 2. The maximum atomic E-state index is 6.03. The van der Waals surface area contributed by atoms with Crippen LogP contribution in [0.15, 0.2) is 29.3 Å². The van der Waals surface area contributed by atoms with Crippen molar-refractivity contribution in [3.63, 3.8) is 0 Å². The fourth-order valence-corrected chi connectivity index (χ4v) is 3.68. The van der Waals surface area contributed by atoms with Crippen LogP contribution >= 0.6 is 0 Å². The van der Waals surface area contributed by atoms with E-state index in [-0.39, 0.29) is 0 Å². The lowest BCUT2D eigenvalue weighted by Crippen LogP contribution is -2.48. The highest BCUT2D eigenvalue weighted by Gasteiger charge is 2.22. The van der Waals surface area contributed by atoms with Crippen LogP contribution in [0.1, 0.15) is 44.6 Å². The van der Waals surface area contributed by atoms with Crippen molar-refractivity contribution in [2.75, 3.05) is 46.5 Å². The van der Waals surface area contributed by atoms with Gasteiger partial charge in [0.25, 0.3) is 0 Å². The van der Waals surface area contributed by atoms with Gasteiger partial charge in [-0.3, -0.25) is 0 Å². The van der Waals surface area contributed by atoms with E-state index in [2.05, 4.69) is 40.7 Å². The summed E-state index contributed by atoms with van der Waals surface area (Å²) in [6, 6.07) is 8.77. The van der Waals surface area contributed by atoms with Crippen molar-refractivity contribution in [3.8, 4) is 5.75 Å². The van der Waals surface area contributed by atoms with Crippen LogP contribution in [0.4, 0.5) is 0 Å². The number of para-hydroxylation sites is 1. The number of hydrogen-bond donors (Lipinski definition) is 2. The van der Waals surface area contributed by atoms with Crippen LogP contribution in [-0.2, 0) is 11.3 Å². The van der Waals surface area contributed by atoms with Gasteiger partial charge < -0.3 is 25.0 Å². The average molecular weight is 403 g/mol. The van der Waals surface area contributed by atoms with E-state index in [4.69, 9.17) is 14.5 Å². The van der Waals surface area contributed by atoms with Gasteiger partial charge in [-0.2, -0.15) is 0 Å². The molecule has 0 unspecified atom stereocenters. The quantitative estimate of drug-likeness (QED) is 0.338. The minimum absolute atomic E-state index is 0.479. The molecule has 1 heterocycles. The molecule has 0 amide bonds. The zero-order valence-corrected chi connectivity index (χ0v) is 18.2. The Morgan fingerprint density at radius 1 is 1.17 bits per heavy atom. The minimum Gasteiger partial charge on any atom is -0.493 e. The van der Waals surface area contributed by atoms with Crippen molar-refractivity contribution in [2.45, 2.75) is 51.6 Å². The Balaban J connectivity index is 1.49. The van der Waals surface area contributed by atoms with E-state index < -0.39 is 0 Å². The van der Waals surface area contributed by atoms with Crippen LogP contribution in [-0.4, -0.2) is 63.4 Å². The topological polar surface area (TPSA) is 58.1 Å². The van der Waals surface area contributed by atoms with Crippen LogP contribution in [0.5, 0.6) is 5.75 Å². The molecule has 1 saturated heterocycles. The fraction of sp³-hybridized carbons (Fsp3) is 0.696. The van der Waals surface area contributed by atoms with E-state index in [0.717, 1.165) is 81.8 Å². The summed E-state index contributed by atoms with van der Waals surface area (Å²) in [5.41, 5.74) is 1.15. The second kappa shape index (κ2) is 12.0. The van der Waals surface area contributed by atoms with Gasteiger partial charge in [0, 0.05) is 51.5 Å². The highest BCUT2D eigenvalue weighted by atomic mass is 16.5. The summed E-state index contributed by atoms with van der Waals surface area (Å²) in [5.74, 6) is 2.64. The second-order valence-corrected chi connectivity index (χ2v) is 8.16. The van der Waals surface area contributed by atoms with Gasteiger partial charge in [-0.1, -0.05) is 18.2 Å². The summed E-state index contributed by atoms with van der Waals surface area (Å²) in [5, 5.41) is 7.04. The van der Waals surface area contributed by atoms with Crippen molar-refractivity contribution in [1.29, 1.82) is 0 Å². The number of piperidine rings is 1. The van der Waals surface area contributed by atoms with E-state index in [9.17, 15) is 0 Å². The van der Waals surface area contributed by atoms with Gasteiger partial charge in [-0.25, -0.2) is 4.99 Å². The van der Waals surface area contributed by atoms with E-state index in [1.165, 1.54) is 12.8 Å². The first-order valence-corrected chi connectivity index (χ1v) is 11.2. The van der Waals surface area contributed by atoms with Crippen LogP contribution in [0.3, 0.4) is 0 Å². The number of guanidine groups is 1. The van der Waals surface area contributed by atoms with E-state index >= 15 is 0 Å². The van der Waals surface area contributed by atoms with Crippen LogP contribution in [0.25, 0.3) is 0 Å². The Bertz CT molecular complexity index is 625. The molecule has 2 N–H and O–H groups in total.